The largest absolute Gasteiger partial charge is 0.338 e. The van der Waals surface area contributed by atoms with Crippen molar-refractivity contribution in [3.63, 3.8) is 0 Å². The highest BCUT2D eigenvalue weighted by Crippen LogP contribution is 2.52. The number of nitrogens with zero attached hydrogens (tertiary/aromatic N) is 2. The van der Waals surface area contributed by atoms with Gasteiger partial charge in [-0.2, -0.15) is 0 Å². The second kappa shape index (κ2) is 8.39. The van der Waals surface area contributed by atoms with Gasteiger partial charge in [0, 0.05) is 26.4 Å². The van der Waals surface area contributed by atoms with Crippen molar-refractivity contribution in [2.75, 3.05) is 32.1 Å². The van der Waals surface area contributed by atoms with Gasteiger partial charge in [0.2, 0.25) is 0 Å². The molecule has 0 bridgehead atoms. The van der Waals surface area contributed by atoms with E-state index in [-0.39, 0.29) is 12.4 Å². The molecule has 1 heterocycles. The fourth-order valence-corrected chi connectivity index (χ4v) is 4.85. The van der Waals surface area contributed by atoms with Crippen molar-refractivity contribution in [3.05, 3.63) is 45.4 Å². The van der Waals surface area contributed by atoms with E-state index in [4.69, 9.17) is 34.8 Å². The standard InChI is InChI=1S/C17H17Cl3N2S.ClH/c1-21(2)6-3-7-22-14-5-4-11(18)9-15(14)23-16-10-12(19)8-13(20)17(16)22;/h4-5,8-10H,3,6-7H2,1-2H3;1H. The maximum atomic E-state index is 6.51. The van der Waals surface area contributed by atoms with Gasteiger partial charge < -0.3 is 9.80 Å². The molecule has 2 aromatic rings. The van der Waals surface area contributed by atoms with Crippen molar-refractivity contribution in [2.24, 2.45) is 0 Å². The van der Waals surface area contributed by atoms with Crippen LogP contribution in [0.5, 0.6) is 0 Å². The zero-order valence-electron chi connectivity index (χ0n) is 13.4. The van der Waals surface area contributed by atoms with E-state index in [2.05, 4.69) is 30.0 Å². The van der Waals surface area contributed by atoms with Crippen LogP contribution in [0.15, 0.2) is 40.1 Å². The Kier molecular flexibility index (Phi) is 7.00. The fourth-order valence-electron chi connectivity index (χ4n) is 2.69. The maximum absolute atomic E-state index is 6.51. The van der Waals surface area contributed by atoms with Crippen molar-refractivity contribution in [1.29, 1.82) is 0 Å². The van der Waals surface area contributed by atoms with Gasteiger partial charge in [-0.15, -0.1) is 12.4 Å². The molecule has 7 heteroatoms. The highest BCUT2D eigenvalue weighted by Gasteiger charge is 2.26. The van der Waals surface area contributed by atoms with Crippen LogP contribution in [0, 0.1) is 0 Å². The molecule has 0 N–H and O–H groups in total. The van der Waals surface area contributed by atoms with Crippen molar-refractivity contribution in [2.45, 2.75) is 16.2 Å². The smallest absolute Gasteiger partial charge is 0.0743 e. The number of anilines is 2. The molecule has 0 atom stereocenters. The highest BCUT2D eigenvalue weighted by atomic mass is 35.5. The lowest BCUT2D eigenvalue weighted by Crippen LogP contribution is -2.25. The first-order valence-corrected chi connectivity index (χ1v) is 9.29. The number of halogens is 4. The lowest BCUT2D eigenvalue weighted by Gasteiger charge is -2.34. The van der Waals surface area contributed by atoms with Gasteiger partial charge in [-0.3, -0.25) is 0 Å². The lowest BCUT2D eigenvalue weighted by molar-refractivity contribution is 0.402. The third-order valence-corrected chi connectivity index (χ3v) is 5.50. The molecule has 2 aromatic carbocycles. The van der Waals surface area contributed by atoms with Gasteiger partial charge in [-0.1, -0.05) is 46.6 Å². The Labute approximate surface area is 168 Å². The average Bonchev–Trinajstić information content (AvgIpc) is 2.45. The van der Waals surface area contributed by atoms with E-state index in [0.717, 1.165) is 45.7 Å². The van der Waals surface area contributed by atoms with Gasteiger partial charge in [-0.25, -0.2) is 0 Å². The van der Waals surface area contributed by atoms with E-state index in [1.807, 2.05) is 24.3 Å². The van der Waals surface area contributed by atoms with Crippen LogP contribution in [0.2, 0.25) is 15.1 Å². The van der Waals surface area contributed by atoms with E-state index < -0.39 is 0 Å². The number of hydrogen-bond acceptors (Lipinski definition) is 3. The van der Waals surface area contributed by atoms with Gasteiger partial charge in [0.25, 0.3) is 0 Å². The quantitative estimate of drug-likeness (QED) is 0.545. The molecule has 0 saturated carbocycles. The van der Waals surface area contributed by atoms with Crippen LogP contribution in [0.4, 0.5) is 11.4 Å². The molecule has 0 spiro atoms. The van der Waals surface area contributed by atoms with E-state index in [9.17, 15) is 0 Å². The molecular formula is C17H18Cl4N2S. The summed E-state index contributed by atoms with van der Waals surface area (Å²) in [6, 6.07) is 9.76. The molecular weight excluding hydrogens is 406 g/mol. The zero-order chi connectivity index (χ0) is 16.6. The normalized spacial score (nSPS) is 12.7. The van der Waals surface area contributed by atoms with Crippen LogP contribution in [0.25, 0.3) is 0 Å². The second-order valence-corrected chi connectivity index (χ2v) is 8.12. The maximum Gasteiger partial charge on any atom is 0.0743 e. The Morgan fingerprint density at radius 3 is 2.42 bits per heavy atom. The van der Waals surface area contributed by atoms with Gasteiger partial charge in [0.15, 0.2) is 0 Å². The molecule has 0 amide bonds. The molecule has 130 valence electrons. The first-order valence-electron chi connectivity index (χ1n) is 7.34. The van der Waals surface area contributed by atoms with Crippen molar-refractivity contribution >= 4 is 70.3 Å². The predicted octanol–water partition coefficient (Wildman–Crippen LogP) is 6.62. The van der Waals surface area contributed by atoms with Crippen LogP contribution in [0.3, 0.4) is 0 Å². The summed E-state index contributed by atoms with van der Waals surface area (Å²) in [5.41, 5.74) is 2.18. The van der Waals surface area contributed by atoms with Gasteiger partial charge in [-0.05, 0) is 57.4 Å². The molecule has 3 rings (SSSR count). The first kappa shape index (κ1) is 20.0. The van der Waals surface area contributed by atoms with Crippen LogP contribution < -0.4 is 4.90 Å². The van der Waals surface area contributed by atoms with Gasteiger partial charge >= 0.3 is 0 Å². The van der Waals surface area contributed by atoms with Crippen LogP contribution in [0.1, 0.15) is 6.42 Å². The molecule has 24 heavy (non-hydrogen) atoms. The summed E-state index contributed by atoms with van der Waals surface area (Å²) in [5.74, 6) is 0. The number of fused-ring (bicyclic) bond motifs is 2. The van der Waals surface area contributed by atoms with E-state index in [1.165, 1.54) is 0 Å². The Morgan fingerprint density at radius 2 is 1.71 bits per heavy atom. The minimum Gasteiger partial charge on any atom is -0.338 e. The second-order valence-electron chi connectivity index (χ2n) is 5.76. The summed E-state index contributed by atoms with van der Waals surface area (Å²) in [6.07, 6.45) is 1.04. The Hall–Kier alpha value is -0.290. The number of rotatable bonds is 4. The summed E-state index contributed by atoms with van der Waals surface area (Å²) < 4.78 is 0. The molecule has 2 nitrogen and oxygen atoms in total. The van der Waals surface area contributed by atoms with Crippen molar-refractivity contribution < 1.29 is 0 Å². The fraction of sp³-hybridized carbons (Fsp3) is 0.294. The molecule has 0 radical (unpaired) electrons. The molecule has 0 saturated heterocycles. The Morgan fingerprint density at radius 1 is 1.00 bits per heavy atom. The number of hydrogen-bond donors (Lipinski definition) is 0. The van der Waals surface area contributed by atoms with Crippen LogP contribution >= 0.6 is 59.0 Å². The monoisotopic (exact) mass is 422 g/mol. The molecule has 0 unspecified atom stereocenters. The van der Waals surface area contributed by atoms with Crippen LogP contribution in [-0.2, 0) is 0 Å². The van der Waals surface area contributed by atoms with E-state index >= 15 is 0 Å². The predicted molar refractivity (Wildman–Crippen MR) is 109 cm³/mol. The zero-order valence-corrected chi connectivity index (χ0v) is 17.3. The van der Waals surface area contributed by atoms with E-state index in [0.29, 0.717) is 10.0 Å². The van der Waals surface area contributed by atoms with Crippen molar-refractivity contribution in [1.82, 2.24) is 4.90 Å². The summed E-state index contributed by atoms with van der Waals surface area (Å²) >= 11 is 20.5. The Balaban J connectivity index is 0.00000208. The molecule has 1 aliphatic heterocycles. The summed E-state index contributed by atoms with van der Waals surface area (Å²) in [7, 11) is 4.17. The average molecular weight is 424 g/mol. The minimum absolute atomic E-state index is 0. The summed E-state index contributed by atoms with van der Waals surface area (Å²) in [6.45, 7) is 1.91. The van der Waals surface area contributed by atoms with Gasteiger partial charge in [0.1, 0.15) is 0 Å². The van der Waals surface area contributed by atoms with Gasteiger partial charge in [0.05, 0.1) is 16.4 Å². The molecule has 0 aromatic heterocycles. The van der Waals surface area contributed by atoms with Crippen LogP contribution in [-0.4, -0.2) is 32.1 Å². The Bertz CT molecular complexity index is 737. The molecule has 1 aliphatic rings. The minimum atomic E-state index is 0. The number of benzene rings is 2. The summed E-state index contributed by atoms with van der Waals surface area (Å²) in [4.78, 5) is 6.67. The topological polar surface area (TPSA) is 6.48 Å². The third-order valence-electron chi connectivity index (χ3n) is 3.68. The highest BCUT2D eigenvalue weighted by molar-refractivity contribution is 7.99. The first-order chi connectivity index (χ1) is 11.0. The summed E-state index contributed by atoms with van der Waals surface area (Å²) in [5, 5.41) is 2.08. The molecule has 0 fully saturated rings. The SMILES string of the molecule is CN(C)CCCN1c2ccc(Cl)cc2Sc2cc(Cl)cc(Cl)c21.Cl. The van der Waals surface area contributed by atoms with Crippen molar-refractivity contribution in [3.8, 4) is 0 Å². The molecule has 0 aliphatic carbocycles. The van der Waals surface area contributed by atoms with E-state index in [1.54, 1.807) is 11.8 Å². The third kappa shape index (κ3) is 4.27. The lowest BCUT2D eigenvalue weighted by atomic mass is 10.2.